The van der Waals surface area contributed by atoms with Gasteiger partial charge in [-0.25, -0.2) is 0 Å². The van der Waals surface area contributed by atoms with E-state index in [0.717, 1.165) is 52.5 Å². The molecule has 1 aromatic heterocycles. The Kier molecular flexibility index (Phi) is 11.2. The molecule has 0 saturated heterocycles. The van der Waals surface area contributed by atoms with E-state index in [1.807, 2.05) is 37.3 Å². The second kappa shape index (κ2) is 13.1. The molecular weight excluding hydrogens is 462 g/mol. The molecule has 6 heteroatoms. The summed E-state index contributed by atoms with van der Waals surface area (Å²) in [6.45, 7) is 9.29. The molecule has 188 valence electrons. The zero-order valence-corrected chi connectivity index (χ0v) is 22.5. The number of ether oxygens (including phenoxy) is 1. The molecule has 0 atom stereocenters. The highest BCUT2D eigenvalue weighted by Gasteiger charge is 2.20. The van der Waals surface area contributed by atoms with E-state index >= 15 is 0 Å². The Labute approximate surface area is 213 Å². The average molecular weight is 498 g/mol. The van der Waals surface area contributed by atoms with Crippen LogP contribution in [0.2, 0.25) is 5.02 Å². The van der Waals surface area contributed by atoms with E-state index in [-0.39, 0.29) is 12.0 Å². The molecule has 0 spiro atoms. The van der Waals surface area contributed by atoms with Gasteiger partial charge in [0, 0.05) is 35.7 Å². The zero-order chi connectivity index (χ0) is 26.9. The maximum atomic E-state index is 12.9. The van der Waals surface area contributed by atoms with Crippen LogP contribution in [0.3, 0.4) is 0 Å². The topological polar surface area (TPSA) is 68.5 Å². The molecule has 0 unspecified atom stereocenters. The summed E-state index contributed by atoms with van der Waals surface area (Å²) in [6, 6.07) is 9.64. The Morgan fingerprint density at radius 2 is 1.74 bits per heavy atom. The van der Waals surface area contributed by atoms with Crippen LogP contribution in [0.4, 0.5) is 0 Å². The summed E-state index contributed by atoms with van der Waals surface area (Å²) >= 11 is 6.66. The number of aldehydes is 1. The molecule has 0 bridgehead atoms. The van der Waals surface area contributed by atoms with E-state index in [1.54, 1.807) is 39.5 Å². The summed E-state index contributed by atoms with van der Waals surface area (Å²) in [7, 11) is 3.34. The number of rotatable bonds is 6. The predicted molar refractivity (Wildman–Crippen MR) is 147 cm³/mol. The lowest BCUT2D eigenvalue weighted by atomic mass is 9.93. The van der Waals surface area contributed by atoms with Gasteiger partial charge in [0.05, 0.1) is 17.7 Å². The smallest absolute Gasteiger partial charge is 0.258 e. The van der Waals surface area contributed by atoms with Gasteiger partial charge in [-0.3, -0.25) is 4.79 Å². The molecule has 0 amide bonds. The molecule has 0 aliphatic rings. The summed E-state index contributed by atoms with van der Waals surface area (Å²) in [4.78, 5) is 24.3. The van der Waals surface area contributed by atoms with E-state index < -0.39 is 5.60 Å². The number of hydrogen-bond acceptors (Lipinski definition) is 4. The van der Waals surface area contributed by atoms with Crippen LogP contribution in [-0.4, -0.2) is 28.7 Å². The maximum absolute atomic E-state index is 12.9. The molecule has 5 nitrogen and oxygen atoms in total. The fourth-order valence-corrected chi connectivity index (χ4v) is 3.99. The quantitative estimate of drug-likeness (QED) is 0.340. The normalized spacial score (nSPS) is 10.6. The van der Waals surface area contributed by atoms with Gasteiger partial charge in [0.25, 0.3) is 5.56 Å². The van der Waals surface area contributed by atoms with E-state index in [0.29, 0.717) is 16.1 Å². The molecule has 3 rings (SSSR count). The third-order valence-electron chi connectivity index (χ3n) is 5.11. The first-order valence-electron chi connectivity index (χ1n) is 11.4. The van der Waals surface area contributed by atoms with E-state index in [2.05, 4.69) is 19.8 Å². The Balaban J connectivity index is 0.000000779. The third-order valence-corrected chi connectivity index (χ3v) is 5.42. The van der Waals surface area contributed by atoms with E-state index in [1.165, 1.54) is 0 Å². The van der Waals surface area contributed by atoms with Crippen molar-refractivity contribution in [3.05, 3.63) is 62.5 Å². The predicted octanol–water partition coefficient (Wildman–Crippen LogP) is 5.90. The van der Waals surface area contributed by atoms with Crippen molar-refractivity contribution < 1.29 is 14.6 Å². The summed E-state index contributed by atoms with van der Waals surface area (Å²) in [5.41, 5.74) is 3.74. The van der Waals surface area contributed by atoms with Crippen LogP contribution < -0.4 is 10.3 Å². The van der Waals surface area contributed by atoms with Crippen LogP contribution in [0, 0.1) is 19.8 Å². The number of methoxy groups -OCH3 is 1. The highest BCUT2D eigenvalue weighted by Crippen LogP contribution is 2.39. The van der Waals surface area contributed by atoms with Gasteiger partial charge in [-0.1, -0.05) is 42.6 Å². The Morgan fingerprint density at radius 1 is 1.14 bits per heavy atom. The highest BCUT2D eigenvalue weighted by molar-refractivity contribution is 6.34. The number of aliphatic hydroxyl groups is 1. The molecule has 0 fully saturated rings. The van der Waals surface area contributed by atoms with Gasteiger partial charge >= 0.3 is 0 Å². The van der Waals surface area contributed by atoms with Gasteiger partial charge in [-0.15, -0.1) is 12.8 Å². The molecule has 35 heavy (non-hydrogen) atoms. The van der Waals surface area contributed by atoms with Crippen molar-refractivity contribution in [1.29, 1.82) is 0 Å². The van der Waals surface area contributed by atoms with Crippen molar-refractivity contribution in [3.8, 4) is 29.7 Å². The number of carbonyl (C=O) groups is 1. The largest absolute Gasteiger partial charge is 0.496 e. The van der Waals surface area contributed by atoms with E-state index in [9.17, 15) is 9.59 Å². The van der Waals surface area contributed by atoms with Crippen LogP contribution in [-0.2, 0) is 24.7 Å². The first-order chi connectivity index (χ1) is 16.4. The molecule has 0 aliphatic heterocycles. The van der Waals surface area contributed by atoms with Crippen LogP contribution in [0.5, 0.6) is 5.75 Å². The van der Waals surface area contributed by atoms with Gasteiger partial charge < -0.3 is 19.2 Å². The number of hydrogen-bond donors (Lipinski definition) is 1. The van der Waals surface area contributed by atoms with Gasteiger partial charge in [-0.05, 0) is 63.3 Å². The SMILES string of the molecule is C#C.CC(C)(C)O.CCCc1cc(-c2c(CC=O)n(C)c(=O)c3cc(C)ccc23)c(Cl)cc1OC. The number of benzene rings is 2. The first-order valence-corrected chi connectivity index (χ1v) is 11.8. The minimum absolute atomic E-state index is 0.113. The number of halogens is 1. The zero-order valence-electron chi connectivity index (χ0n) is 21.7. The van der Waals surface area contributed by atoms with Gasteiger partial charge in [0.1, 0.15) is 12.0 Å². The first kappa shape index (κ1) is 30.0. The molecule has 1 N–H and O–H groups in total. The summed E-state index contributed by atoms with van der Waals surface area (Å²) in [6.07, 6.45) is 10.8. The molecule has 0 saturated carbocycles. The van der Waals surface area contributed by atoms with Crippen molar-refractivity contribution in [3.63, 3.8) is 0 Å². The van der Waals surface area contributed by atoms with Gasteiger partial charge in [0.15, 0.2) is 0 Å². The van der Waals surface area contributed by atoms with Crippen LogP contribution in [0.15, 0.2) is 35.1 Å². The molecular formula is C29H36ClNO4. The monoisotopic (exact) mass is 497 g/mol. The number of aryl methyl sites for hydroxylation is 2. The Hall–Kier alpha value is -3.07. The number of fused-ring (bicyclic) bond motifs is 1. The van der Waals surface area contributed by atoms with Crippen LogP contribution in [0.25, 0.3) is 21.9 Å². The maximum Gasteiger partial charge on any atom is 0.258 e. The number of aromatic nitrogens is 1. The minimum atomic E-state index is -0.500. The fraction of sp³-hybridized carbons (Fsp3) is 0.379. The highest BCUT2D eigenvalue weighted by atomic mass is 35.5. The fourth-order valence-electron chi connectivity index (χ4n) is 3.74. The molecule has 0 aliphatic carbocycles. The standard InChI is InChI=1S/C23H24ClNO3.C4H10O.C2H2/c1-5-6-15-12-18(19(24)13-21(15)28-4)22-16-8-7-14(2)11-17(16)23(27)25(3)20(22)9-10-26;1-4(2,3)5;1-2/h7-8,10-13H,5-6,9H2,1-4H3;5H,1-3H3;1-2H. The lowest BCUT2D eigenvalue weighted by Gasteiger charge is -2.19. The Morgan fingerprint density at radius 3 is 2.26 bits per heavy atom. The van der Waals surface area contributed by atoms with Crippen molar-refractivity contribution in [2.75, 3.05) is 7.11 Å². The Bertz CT molecular complexity index is 1240. The average Bonchev–Trinajstić information content (AvgIpc) is 2.79. The number of pyridine rings is 1. The molecule has 0 radical (unpaired) electrons. The second-order valence-electron chi connectivity index (χ2n) is 9.17. The van der Waals surface area contributed by atoms with Crippen molar-refractivity contribution in [2.45, 2.75) is 59.5 Å². The minimum Gasteiger partial charge on any atom is -0.496 e. The van der Waals surface area contributed by atoms with Gasteiger partial charge in [0.2, 0.25) is 0 Å². The molecule has 2 aromatic carbocycles. The van der Waals surface area contributed by atoms with Crippen LogP contribution in [0.1, 0.15) is 50.9 Å². The lowest BCUT2D eigenvalue weighted by molar-refractivity contribution is -0.107. The summed E-state index contributed by atoms with van der Waals surface area (Å²) < 4.78 is 7.06. The lowest BCUT2D eigenvalue weighted by Crippen LogP contribution is -2.22. The van der Waals surface area contributed by atoms with Crippen molar-refractivity contribution >= 4 is 28.7 Å². The summed E-state index contributed by atoms with van der Waals surface area (Å²) in [5.74, 6) is 0.748. The van der Waals surface area contributed by atoms with Crippen molar-refractivity contribution in [2.24, 2.45) is 7.05 Å². The number of terminal acetylenes is 1. The second-order valence-corrected chi connectivity index (χ2v) is 9.58. The number of carbonyl (C=O) groups excluding carboxylic acids is 1. The van der Waals surface area contributed by atoms with E-state index in [4.69, 9.17) is 21.4 Å². The third kappa shape index (κ3) is 7.71. The van der Waals surface area contributed by atoms with Gasteiger partial charge in [-0.2, -0.15) is 0 Å². The summed E-state index contributed by atoms with van der Waals surface area (Å²) in [5, 5.41) is 10.5. The van der Waals surface area contributed by atoms with Crippen LogP contribution >= 0.6 is 11.6 Å². The molecule has 3 aromatic rings. The number of nitrogens with zero attached hydrogens (tertiary/aromatic N) is 1. The molecule has 1 heterocycles. The van der Waals surface area contributed by atoms with Crippen molar-refractivity contribution in [1.82, 2.24) is 4.57 Å².